The summed E-state index contributed by atoms with van der Waals surface area (Å²) in [4.78, 5) is 14.0. The summed E-state index contributed by atoms with van der Waals surface area (Å²) in [6, 6.07) is 7.47. The standard InChI is InChI=1S/C13H13NO/c1-7-4-3-5-9-11(7)10-6-13(8(2)15)12(9)14(10)13/h3-5,10,12H,6H2,1-2H3/t10-,12-,13?,14?/m1/s1. The van der Waals surface area contributed by atoms with Crippen LogP contribution in [-0.2, 0) is 4.79 Å². The van der Waals surface area contributed by atoms with Gasteiger partial charge in [-0.1, -0.05) is 18.2 Å². The highest BCUT2D eigenvalue weighted by Gasteiger charge is 2.80. The number of fused-ring (bicyclic) bond motifs is 4. The summed E-state index contributed by atoms with van der Waals surface area (Å²) in [6.07, 6.45) is 1.06. The van der Waals surface area contributed by atoms with Gasteiger partial charge in [0.25, 0.3) is 0 Å². The molecule has 76 valence electrons. The molecular weight excluding hydrogens is 186 g/mol. The maximum atomic E-state index is 11.6. The van der Waals surface area contributed by atoms with E-state index in [1.165, 1.54) is 16.7 Å². The van der Waals surface area contributed by atoms with Crippen molar-refractivity contribution in [3.63, 3.8) is 0 Å². The summed E-state index contributed by atoms with van der Waals surface area (Å²) in [7, 11) is 0. The Morgan fingerprint density at radius 1 is 1.53 bits per heavy atom. The molecule has 2 nitrogen and oxygen atoms in total. The number of hydrogen-bond acceptors (Lipinski definition) is 2. The van der Waals surface area contributed by atoms with Crippen molar-refractivity contribution in [2.24, 2.45) is 0 Å². The van der Waals surface area contributed by atoms with E-state index >= 15 is 0 Å². The smallest absolute Gasteiger partial charge is 0.152 e. The van der Waals surface area contributed by atoms with Crippen molar-refractivity contribution >= 4 is 5.78 Å². The van der Waals surface area contributed by atoms with E-state index in [9.17, 15) is 4.79 Å². The third kappa shape index (κ3) is 0.609. The van der Waals surface area contributed by atoms with Gasteiger partial charge in [-0.05, 0) is 37.0 Å². The Hall–Kier alpha value is -1.15. The van der Waals surface area contributed by atoms with Crippen LogP contribution in [0.5, 0.6) is 0 Å². The van der Waals surface area contributed by atoms with Crippen molar-refractivity contribution in [2.75, 3.05) is 0 Å². The molecule has 2 saturated heterocycles. The van der Waals surface area contributed by atoms with Crippen molar-refractivity contribution in [3.05, 3.63) is 34.9 Å². The quantitative estimate of drug-likeness (QED) is 0.646. The first kappa shape index (κ1) is 8.05. The lowest BCUT2D eigenvalue weighted by Gasteiger charge is -2.36. The first-order valence-electron chi connectivity index (χ1n) is 5.57. The average molecular weight is 199 g/mol. The highest BCUT2D eigenvalue weighted by molar-refractivity contribution is 5.94. The number of Topliss-reactive ketones (excluding diaryl/α,β-unsaturated/α-hetero) is 1. The first-order valence-corrected chi connectivity index (χ1v) is 5.57. The van der Waals surface area contributed by atoms with Crippen LogP contribution in [-0.4, -0.2) is 16.2 Å². The fourth-order valence-corrected chi connectivity index (χ4v) is 3.87. The zero-order valence-corrected chi connectivity index (χ0v) is 8.95. The van der Waals surface area contributed by atoms with Gasteiger partial charge in [-0.2, -0.15) is 0 Å². The van der Waals surface area contributed by atoms with E-state index in [4.69, 9.17) is 0 Å². The van der Waals surface area contributed by atoms with Crippen LogP contribution in [0.1, 0.15) is 42.1 Å². The van der Waals surface area contributed by atoms with E-state index in [0.717, 1.165) is 6.42 Å². The molecule has 0 N–H and O–H groups in total. The number of aryl methyl sites for hydroxylation is 1. The molecule has 0 radical (unpaired) electrons. The molecule has 2 heteroatoms. The average Bonchev–Trinajstić information content (AvgIpc) is 2.59. The predicted octanol–water partition coefficient (Wildman–Crippen LogP) is 2.14. The van der Waals surface area contributed by atoms with E-state index in [-0.39, 0.29) is 5.54 Å². The van der Waals surface area contributed by atoms with E-state index in [1.54, 1.807) is 6.92 Å². The van der Waals surface area contributed by atoms with Gasteiger partial charge in [-0.25, -0.2) is 0 Å². The lowest BCUT2D eigenvalue weighted by atomic mass is 9.75. The number of carbonyl (C=O) groups excluding carboxylic acids is 1. The Morgan fingerprint density at radius 3 is 3.07 bits per heavy atom. The van der Waals surface area contributed by atoms with Crippen LogP contribution in [0.3, 0.4) is 0 Å². The summed E-state index contributed by atoms with van der Waals surface area (Å²) in [5.41, 5.74) is 4.25. The van der Waals surface area contributed by atoms with E-state index in [0.29, 0.717) is 17.9 Å². The van der Waals surface area contributed by atoms with Gasteiger partial charge in [0.1, 0.15) is 5.54 Å². The molecule has 4 atom stereocenters. The van der Waals surface area contributed by atoms with E-state index < -0.39 is 0 Å². The Kier molecular flexibility index (Phi) is 1.09. The van der Waals surface area contributed by atoms with Gasteiger partial charge in [0.05, 0.1) is 6.04 Å². The minimum atomic E-state index is -0.0640. The summed E-state index contributed by atoms with van der Waals surface area (Å²) in [5.74, 6) is 0.357. The lowest BCUT2D eigenvalue weighted by Crippen LogP contribution is -2.43. The maximum Gasteiger partial charge on any atom is 0.152 e. The van der Waals surface area contributed by atoms with Crippen molar-refractivity contribution < 1.29 is 4.79 Å². The molecule has 0 saturated carbocycles. The molecule has 1 aromatic carbocycles. The Bertz CT molecular complexity index is 507. The molecule has 3 aliphatic rings. The zero-order valence-electron chi connectivity index (χ0n) is 8.95. The molecular formula is C13H13NO. The van der Waals surface area contributed by atoms with Crippen LogP contribution in [0, 0.1) is 6.92 Å². The van der Waals surface area contributed by atoms with Gasteiger partial charge in [-0.15, -0.1) is 0 Å². The molecule has 0 bridgehead atoms. The number of hydrogen-bond donors (Lipinski definition) is 0. The van der Waals surface area contributed by atoms with Gasteiger partial charge < -0.3 is 0 Å². The van der Waals surface area contributed by atoms with Gasteiger partial charge in [0.2, 0.25) is 0 Å². The zero-order chi connectivity index (χ0) is 10.4. The summed E-state index contributed by atoms with van der Waals surface area (Å²) in [5, 5.41) is 0. The van der Waals surface area contributed by atoms with Crippen molar-refractivity contribution in [3.8, 4) is 0 Å². The topological polar surface area (TPSA) is 20.1 Å². The number of rotatable bonds is 1. The molecule has 0 spiro atoms. The molecule has 1 aromatic rings. The maximum absolute atomic E-state index is 11.6. The van der Waals surface area contributed by atoms with Crippen LogP contribution in [0.25, 0.3) is 0 Å². The second-order valence-corrected chi connectivity index (χ2v) is 5.09. The van der Waals surface area contributed by atoms with E-state index in [2.05, 4.69) is 30.0 Å². The molecule has 4 rings (SSSR count). The van der Waals surface area contributed by atoms with Crippen LogP contribution < -0.4 is 0 Å². The Balaban J connectivity index is 1.91. The highest BCUT2D eigenvalue weighted by Crippen LogP contribution is 2.77. The van der Waals surface area contributed by atoms with Crippen molar-refractivity contribution in [1.82, 2.24) is 4.90 Å². The summed E-state index contributed by atoms with van der Waals surface area (Å²) in [6.45, 7) is 3.92. The SMILES string of the molecule is CC(=O)C12C[C@@H]3c4c(C)cccc4[C@H]1N32. The monoisotopic (exact) mass is 199 g/mol. The molecule has 2 unspecified atom stereocenters. The lowest BCUT2D eigenvalue weighted by molar-refractivity contribution is -0.124. The Morgan fingerprint density at radius 2 is 2.33 bits per heavy atom. The van der Waals surface area contributed by atoms with Crippen LogP contribution in [0.2, 0.25) is 0 Å². The predicted molar refractivity (Wildman–Crippen MR) is 56.5 cm³/mol. The summed E-state index contributed by atoms with van der Waals surface area (Å²) < 4.78 is 0. The highest BCUT2D eigenvalue weighted by atomic mass is 16.1. The minimum absolute atomic E-state index is 0.0640. The summed E-state index contributed by atoms with van der Waals surface area (Å²) >= 11 is 0. The van der Waals surface area contributed by atoms with Crippen molar-refractivity contribution in [1.29, 1.82) is 0 Å². The first-order chi connectivity index (χ1) is 7.18. The number of benzene rings is 1. The Labute approximate surface area is 88.9 Å². The molecule has 3 heterocycles. The van der Waals surface area contributed by atoms with Gasteiger partial charge in [-0.3, -0.25) is 9.69 Å². The van der Waals surface area contributed by atoms with Gasteiger partial charge in [0.15, 0.2) is 5.78 Å². The van der Waals surface area contributed by atoms with E-state index in [1.807, 2.05) is 0 Å². The second kappa shape index (κ2) is 2.03. The fourth-order valence-electron chi connectivity index (χ4n) is 3.87. The van der Waals surface area contributed by atoms with Crippen LogP contribution in [0.4, 0.5) is 0 Å². The van der Waals surface area contributed by atoms with Gasteiger partial charge >= 0.3 is 0 Å². The third-order valence-electron chi connectivity index (χ3n) is 4.56. The largest absolute Gasteiger partial charge is 0.298 e. The third-order valence-corrected chi connectivity index (χ3v) is 4.56. The van der Waals surface area contributed by atoms with Crippen molar-refractivity contribution in [2.45, 2.75) is 37.9 Å². The molecule has 0 aromatic heterocycles. The number of nitrogens with zero attached hydrogens (tertiary/aromatic N) is 1. The molecule has 0 aliphatic carbocycles. The van der Waals surface area contributed by atoms with Gasteiger partial charge in [0, 0.05) is 6.04 Å². The van der Waals surface area contributed by atoms with Crippen LogP contribution >= 0.6 is 0 Å². The molecule has 2 fully saturated rings. The normalized spacial score (nSPS) is 42.9. The second-order valence-electron chi connectivity index (χ2n) is 5.09. The number of ketones is 1. The van der Waals surface area contributed by atoms with Crippen LogP contribution in [0.15, 0.2) is 18.2 Å². The fraction of sp³-hybridized carbons (Fsp3) is 0.462. The molecule has 3 aliphatic heterocycles. The molecule has 15 heavy (non-hydrogen) atoms. The molecule has 0 amide bonds. The minimum Gasteiger partial charge on any atom is -0.298 e. The number of carbonyl (C=O) groups is 1.